The first-order valence-electron chi connectivity index (χ1n) is 6.09. The number of hydrogen-bond acceptors (Lipinski definition) is 2. The lowest BCUT2D eigenvalue weighted by Gasteiger charge is -2.13. The molecule has 1 heterocycles. The summed E-state index contributed by atoms with van der Waals surface area (Å²) in [6.45, 7) is 9.93. The van der Waals surface area contributed by atoms with Crippen LogP contribution in [0, 0.1) is 34.6 Å². The molecule has 0 N–H and O–H groups in total. The normalized spacial score (nSPS) is 10.7. The van der Waals surface area contributed by atoms with Crippen LogP contribution in [0.5, 0.6) is 0 Å². The van der Waals surface area contributed by atoms with Crippen LogP contribution in [0.25, 0.3) is 0 Å². The van der Waals surface area contributed by atoms with Gasteiger partial charge >= 0.3 is 0 Å². The van der Waals surface area contributed by atoms with Gasteiger partial charge in [0.1, 0.15) is 12.0 Å². The number of carbonyl (C=O) groups excluding carboxylic acids is 1. The third-order valence-electron chi connectivity index (χ3n) is 3.59. The quantitative estimate of drug-likeness (QED) is 0.743. The Morgan fingerprint density at radius 3 is 1.94 bits per heavy atom. The molecule has 0 fully saturated rings. The van der Waals surface area contributed by atoms with E-state index in [0.717, 1.165) is 33.6 Å². The smallest absolute Gasteiger partial charge is 0.196 e. The van der Waals surface area contributed by atoms with Crippen molar-refractivity contribution in [2.45, 2.75) is 34.6 Å². The molecule has 0 amide bonds. The molecule has 0 radical (unpaired) electrons. The minimum Gasteiger partial charge on any atom is -0.469 e. The van der Waals surface area contributed by atoms with Gasteiger partial charge in [-0.2, -0.15) is 0 Å². The molecule has 2 aromatic rings. The highest BCUT2D eigenvalue weighted by Crippen LogP contribution is 2.24. The Kier molecular flexibility index (Phi) is 3.12. The van der Waals surface area contributed by atoms with Gasteiger partial charge in [0, 0.05) is 5.56 Å². The summed E-state index contributed by atoms with van der Waals surface area (Å²) in [4.78, 5) is 12.5. The van der Waals surface area contributed by atoms with Crippen LogP contribution >= 0.6 is 0 Å². The van der Waals surface area contributed by atoms with E-state index < -0.39 is 0 Å². The van der Waals surface area contributed by atoms with E-state index in [-0.39, 0.29) is 5.78 Å². The molecule has 0 aliphatic rings. The first-order valence-corrected chi connectivity index (χ1v) is 6.09. The third kappa shape index (κ3) is 1.99. The van der Waals surface area contributed by atoms with Gasteiger partial charge in [0.05, 0.1) is 5.56 Å². The van der Waals surface area contributed by atoms with Gasteiger partial charge in [-0.25, -0.2) is 0 Å². The molecular weight excluding hydrogens is 224 g/mol. The lowest BCUT2D eigenvalue weighted by atomic mass is 9.90. The molecule has 2 nitrogen and oxygen atoms in total. The van der Waals surface area contributed by atoms with Crippen LogP contribution in [0.4, 0.5) is 0 Å². The lowest BCUT2D eigenvalue weighted by Crippen LogP contribution is -2.08. The van der Waals surface area contributed by atoms with Crippen molar-refractivity contribution in [2.75, 3.05) is 0 Å². The van der Waals surface area contributed by atoms with Crippen molar-refractivity contribution in [3.05, 3.63) is 57.5 Å². The molecule has 18 heavy (non-hydrogen) atoms. The van der Waals surface area contributed by atoms with E-state index in [0.29, 0.717) is 5.56 Å². The van der Waals surface area contributed by atoms with Crippen molar-refractivity contribution >= 4 is 5.78 Å². The number of benzene rings is 1. The Hall–Kier alpha value is -1.83. The highest BCUT2D eigenvalue weighted by molar-refractivity contribution is 6.11. The monoisotopic (exact) mass is 242 g/mol. The first kappa shape index (κ1) is 12.6. The molecule has 0 aliphatic heterocycles. The van der Waals surface area contributed by atoms with Crippen LogP contribution in [-0.4, -0.2) is 5.78 Å². The van der Waals surface area contributed by atoms with Crippen molar-refractivity contribution in [1.29, 1.82) is 0 Å². The van der Waals surface area contributed by atoms with Crippen molar-refractivity contribution in [3.8, 4) is 0 Å². The predicted octanol–water partition coefficient (Wildman–Crippen LogP) is 4.05. The SMILES string of the molecule is Cc1cc(C(=O)c2c(C)c(C)cc(C)c2C)co1. The third-order valence-corrected chi connectivity index (χ3v) is 3.59. The molecule has 0 saturated carbocycles. The number of furan rings is 1. The molecule has 1 aromatic heterocycles. The molecule has 0 bridgehead atoms. The number of rotatable bonds is 2. The molecule has 0 spiro atoms. The summed E-state index contributed by atoms with van der Waals surface area (Å²) < 4.78 is 5.23. The first-order chi connectivity index (χ1) is 8.41. The number of ketones is 1. The van der Waals surface area contributed by atoms with E-state index in [1.807, 2.05) is 34.6 Å². The maximum Gasteiger partial charge on any atom is 0.196 e. The van der Waals surface area contributed by atoms with E-state index in [9.17, 15) is 4.79 Å². The summed E-state index contributed by atoms with van der Waals surface area (Å²) >= 11 is 0. The van der Waals surface area contributed by atoms with E-state index >= 15 is 0 Å². The Bertz CT molecular complexity index is 592. The highest BCUT2D eigenvalue weighted by atomic mass is 16.3. The second-order valence-corrected chi connectivity index (χ2v) is 4.91. The molecule has 2 rings (SSSR count). The maximum absolute atomic E-state index is 12.5. The Balaban J connectivity index is 2.61. The fourth-order valence-electron chi connectivity index (χ4n) is 2.26. The summed E-state index contributed by atoms with van der Waals surface area (Å²) in [5, 5.41) is 0. The molecule has 0 saturated heterocycles. The largest absolute Gasteiger partial charge is 0.469 e. The van der Waals surface area contributed by atoms with Crippen LogP contribution in [0.2, 0.25) is 0 Å². The zero-order valence-electron chi connectivity index (χ0n) is 11.5. The van der Waals surface area contributed by atoms with Crippen LogP contribution < -0.4 is 0 Å². The summed E-state index contributed by atoms with van der Waals surface area (Å²) in [5.74, 6) is 0.812. The highest BCUT2D eigenvalue weighted by Gasteiger charge is 2.18. The zero-order chi connectivity index (χ0) is 13.4. The zero-order valence-corrected chi connectivity index (χ0v) is 11.5. The van der Waals surface area contributed by atoms with E-state index in [4.69, 9.17) is 4.42 Å². The Morgan fingerprint density at radius 1 is 0.944 bits per heavy atom. The topological polar surface area (TPSA) is 30.2 Å². The number of hydrogen-bond donors (Lipinski definition) is 0. The van der Waals surface area contributed by atoms with Gasteiger partial charge in [-0.15, -0.1) is 0 Å². The second-order valence-electron chi connectivity index (χ2n) is 4.91. The predicted molar refractivity (Wildman–Crippen MR) is 72.3 cm³/mol. The van der Waals surface area contributed by atoms with Gasteiger partial charge in [0.2, 0.25) is 0 Å². The van der Waals surface area contributed by atoms with Gasteiger partial charge in [-0.05, 0) is 62.9 Å². The molecule has 94 valence electrons. The fourth-order valence-corrected chi connectivity index (χ4v) is 2.26. The van der Waals surface area contributed by atoms with Crippen LogP contribution in [0.1, 0.15) is 43.9 Å². The molecule has 0 atom stereocenters. The summed E-state index contributed by atoms with van der Waals surface area (Å²) in [7, 11) is 0. The molecular formula is C16H18O2. The van der Waals surface area contributed by atoms with E-state index in [2.05, 4.69) is 6.07 Å². The van der Waals surface area contributed by atoms with Crippen LogP contribution in [-0.2, 0) is 0 Å². The average molecular weight is 242 g/mol. The molecule has 0 unspecified atom stereocenters. The molecule has 0 aliphatic carbocycles. The Morgan fingerprint density at radius 2 is 1.50 bits per heavy atom. The van der Waals surface area contributed by atoms with E-state index in [1.54, 1.807) is 6.07 Å². The standard InChI is InChI=1S/C16H18O2/c1-9-6-10(2)13(5)15(12(9)4)16(17)14-7-11(3)18-8-14/h6-8H,1-5H3. The van der Waals surface area contributed by atoms with Gasteiger partial charge < -0.3 is 4.42 Å². The second kappa shape index (κ2) is 4.45. The van der Waals surface area contributed by atoms with Crippen molar-refractivity contribution < 1.29 is 9.21 Å². The number of aryl methyl sites for hydroxylation is 3. The summed E-state index contributed by atoms with van der Waals surface area (Å²) in [6, 6.07) is 3.92. The lowest BCUT2D eigenvalue weighted by molar-refractivity contribution is 0.103. The Labute approximate surface area is 108 Å². The van der Waals surface area contributed by atoms with Gasteiger partial charge in [-0.3, -0.25) is 4.79 Å². The van der Waals surface area contributed by atoms with Gasteiger partial charge in [-0.1, -0.05) is 6.07 Å². The molecule has 1 aromatic carbocycles. The fraction of sp³-hybridized carbons (Fsp3) is 0.312. The van der Waals surface area contributed by atoms with E-state index in [1.165, 1.54) is 6.26 Å². The van der Waals surface area contributed by atoms with Gasteiger partial charge in [0.25, 0.3) is 0 Å². The van der Waals surface area contributed by atoms with Crippen molar-refractivity contribution in [1.82, 2.24) is 0 Å². The van der Waals surface area contributed by atoms with Crippen molar-refractivity contribution in [3.63, 3.8) is 0 Å². The number of carbonyl (C=O) groups is 1. The molecule has 2 heteroatoms. The van der Waals surface area contributed by atoms with Crippen molar-refractivity contribution in [2.24, 2.45) is 0 Å². The minimum atomic E-state index is 0.0497. The van der Waals surface area contributed by atoms with Gasteiger partial charge in [0.15, 0.2) is 5.78 Å². The van der Waals surface area contributed by atoms with Crippen LogP contribution in [0.3, 0.4) is 0 Å². The summed E-state index contributed by atoms with van der Waals surface area (Å²) in [5.41, 5.74) is 5.87. The minimum absolute atomic E-state index is 0.0497. The van der Waals surface area contributed by atoms with Crippen LogP contribution in [0.15, 0.2) is 22.8 Å². The maximum atomic E-state index is 12.5. The summed E-state index contributed by atoms with van der Waals surface area (Å²) in [6.07, 6.45) is 1.54. The average Bonchev–Trinajstić information content (AvgIpc) is 2.73.